The molecule has 1 N–H and O–H groups in total. The van der Waals surface area contributed by atoms with Crippen LogP contribution in [0, 0.1) is 6.92 Å². The molecule has 0 bridgehead atoms. The molecule has 2 heterocycles. The van der Waals surface area contributed by atoms with Crippen molar-refractivity contribution >= 4 is 0 Å². The first-order chi connectivity index (χ1) is 10.2. The largest absolute Gasteiger partial charge is 0.339 e. The molecule has 0 radical (unpaired) electrons. The fourth-order valence-electron chi connectivity index (χ4n) is 2.33. The smallest absolute Gasteiger partial charge is 0.231 e. The van der Waals surface area contributed by atoms with Gasteiger partial charge in [-0.25, -0.2) is 9.97 Å². The van der Waals surface area contributed by atoms with Crippen LogP contribution in [0.3, 0.4) is 0 Å². The van der Waals surface area contributed by atoms with Crippen LogP contribution in [0.15, 0.2) is 16.8 Å². The highest BCUT2D eigenvalue weighted by Crippen LogP contribution is 2.24. The van der Waals surface area contributed by atoms with E-state index in [-0.39, 0.29) is 5.92 Å². The highest BCUT2D eigenvalue weighted by atomic mass is 16.5. The third kappa shape index (κ3) is 3.85. The van der Waals surface area contributed by atoms with Crippen LogP contribution < -0.4 is 5.32 Å². The van der Waals surface area contributed by atoms with Crippen LogP contribution in [0.4, 0.5) is 0 Å². The molecule has 6 nitrogen and oxygen atoms in total. The Morgan fingerprint density at radius 1 is 1.29 bits per heavy atom. The van der Waals surface area contributed by atoms with Crippen LogP contribution in [0.2, 0.25) is 0 Å². The Morgan fingerprint density at radius 2 is 2.10 bits per heavy atom. The molecule has 0 aromatic carbocycles. The van der Waals surface area contributed by atoms with E-state index in [0.29, 0.717) is 29.3 Å². The van der Waals surface area contributed by atoms with Crippen molar-refractivity contribution in [3.8, 4) is 11.5 Å². The second-order valence-corrected chi connectivity index (χ2v) is 5.20. The first-order valence-electron chi connectivity index (χ1n) is 7.52. The van der Waals surface area contributed by atoms with Crippen molar-refractivity contribution in [2.24, 2.45) is 0 Å². The van der Waals surface area contributed by atoms with Crippen molar-refractivity contribution in [2.45, 2.75) is 52.5 Å². The van der Waals surface area contributed by atoms with Gasteiger partial charge in [0.15, 0.2) is 0 Å². The molecule has 2 rings (SSSR count). The maximum absolute atomic E-state index is 5.45. The Balaban J connectivity index is 2.17. The molecule has 2 aromatic heterocycles. The molecule has 0 amide bonds. The molecule has 0 aliphatic carbocycles. The Labute approximate surface area is 125 Å². The van der Waals surface area contributed by atoms with E-state index < -0.39 is 0 Å². The molecule has 0 aliphatic heterocycles. The van der Waals surface area contributed by atoms with E-state index in [2.05, 4.69) is 46.2 Å². The summed E-state index contributed by atoms with van der Waals surface area (Å²) in [6.07, 6.45) is 3.76. The minimum absolute atomic E-state index is 0.209. The maximum atomic E-state index is 5.45. The van der Waals surface area contributed by atoms with Gasteiger partial charge in [-0.2, -0.15) is 4.98 Å². The average Bonchev–Trinajstić information content (AvgIpc) is 2.95. The molecule has 0 aliphatic rings. The second-order valence-electron chi connectivity index (χ2n) is 5.20. The summed E-state index contributed by atoms with van der Waals surface area (Å²) >= 11 is 0. The molecule has 2 aromatic rings. The fraction of sp³-hybridized carbons (Fsp3) is 0.600. The van der Waals surface area contributed by atoms with Crippen molar-refractivity contribution in [1.29, 1.82) is 0 Å². The van der Waals surface area contributed by atoms with Gasteiger partial charge in [-0.1, -0.05) is 19.0 Å². The summed E-state index contributed by atoms with van der Waals surface area (Å²) in [6, 6.07) is 2.09. The summed E-state index contributed by atoms with van der Waals surface area (Å²) in [7, 11) is 0. The third-order valence-corrected chi connectivity index (χ3v) is 3.52. The standard InChI is InChI=1S/C15H23N5O/c1-5-8-16-10(3)12(6-2)15-19-14(20-21-15)13-7-9-17-11(4)18-13/h7,9-10,12,16H,5-6,8H2,1-4H3. The number of rotatable bonds is 7. The van der Waals surface area contributed by atoms with E-state index in [1.54, 1.807) is 12.3 Å². The lowest BCUT2D eigenvalue weighted by molar-refractivity contribution is 0.316. The van der Waals surface area contributed by atoms with E-state index in [4.69, 9.17) is 4.52 Å². The van der Waals surface area contributed by atoms with Gasteiger partial charge in [-0.05, 0) is 39.3 Å². The molecule has 0 saturated heterocycles. The SMILES string of the molecule is CCCNC(C)C(CC)c1nc(-c2ccnc(C)n2)no1. The normalized spacial score (nSPS) is 14.1. The van der Waals surface area contributed by atoms with Crippen LogP contribution in [0.5, 0.6) is 0 Å². The monoisotopic (exact) mass is 289 g/mol. The molecule has 0 spiro atoms. The Bertz CT molecular complexity index is 569. The summed E-state index contributed by atoms with van der Waals surface area (Å²) in [5, 5.41) is 7.54. The van der Waals surface area contributed by atoms with Gasteiger partial charge >= 0.3 is 0 Å². The molecule has 6 heteroatoms. The van der Waals surface area contributed by atoms with Gasteiger partial charge in [0.1, 0.15) is 11.5 Å². The Hall–Kier alpha value is -1.82. The van der Waals surface area contributed by atoms with Gasteiger partial charge in [-0.3, -0.25) is 0 Å². The molecule has 2 unspecified atom stereocenters. The summed E-state index contributed by atoms with van der Waals surface area (Å²) in [4.78, 5) is 12.9. The van der Waals surface area contributed by atoms with Crippen LogP contribution in [0.1, 0.15) is 51.2 Å². The van der Waals surface area contributed by atoms with Crippen LogP contribution >= 0.6 is 0 Å². The van der Waals surface area contributed by atoms with Gasteiger partial charge in [-0.15, -0.1) is 0 Å². The number of nitrogens with zero attached hydrogens (tertiary/aromatic N) is 4. The topological polar surface area (TPSA) is 76.7 Å². The van der Waals surface area contributed by atoms with Crippen molar-refractivity contribution in [3.63, 3.8) is 0 Å². The maximum Gasteiger partial charge on any atom is 0.231 e. The van der Waals surface area contributed by atoms with Crippen molar-refractivity contribution in [1.82, 2.24) is 25.4 Å². The van der Waals surface area contributed by atoms with Crippen LogP contribution in [-0.2, 0) is 0 Å². The van der Waals surface area contributed by atoms with E-state index >= 15 is 0 Å². The lowest BCUT2D eigenvalue weighted by Gasteiger charge is -2.20. The quantitative estimate of drug-likeness (QED) is 0.844. The van der Waals surface area contributed by atoms with E-state index in [9.17, 15) is 0 Å². The summed E-state index contributed by atoms with van der Waals surface area (Å²) in [5.74, 6) is 2.10. The fourth-order valence-corrected chi connectivity index (χ4v) is 2.33. The lowest BCUT2D eigenvalue weighted by atomic mass is 9.98. The zero-order valence-electron chi connectivity index (χ0n) is 13.1. The zero-order chi connectivity index (χ0) is 15.2. The van der Waals surface area contributed by atoms with E-state index in [1.807, 2.05) is 6.92 Å². The van der Waals surface area contributed by atoms with Gasteiger partial charge in [0.2, 0.25) is 11.7 Å². The number of aromatic nitrogens is 4. The average molecular weight is 289 g/mol. The minimum atomic E-state index is 0.209. The molecule has 114 valence electrons. The number of hydrogen-bond acceptors (Lipinski definition) is 6. The summed E-state index contributed by atoms with van der Waals surface area (Å²) < 4.78 is 5.45. The van der Waals surface area contributed by atoms with Crippen molar-refractivity contribution in [3.05, 3.63) is 24.0 Å². The first-order valence-corrected chi connectivity index (χ1v) is 7.52. The molecule has 0 saturated carbocycles. The lowest BCUT2D eigenvalue weighted by Crippen LogP contribution is -2.32. The Morgan fingerprint density at radius 3 is 2.76 bits per heavy atom. The second kappa shape index (κ2) is 7.26. The van der Waals surface area contributed by atoms with Crippen molar-refractivity contribution in [2.75, 3.05) is 6.54 Å². The van der Waals surface area contributed by atoms with Crippen LogP contribution in [0.25, 0.3) is 11.5 Å². The number of aryl methyl sites for hydroxylation is 1. The van der Waals surface area contributed by atoms with E-state index in [1.165, 1.54) is 0 Å². The van der Waals surface area contributed by atoms with E-state index in [0.717, 1.165) is 19.4 Å². The van der Waals surface area contributed by atoms with Gasteiger partial charge in [0, 0.05) is 12.2 Å². The molecule has 2 atom stereocenters. The predicted molar refractivity (Wildman–Crippen MR) is 80.8 cm³/mol. The third-order valence-electron chi connectivity index (χ3n) is 3.52. The van der Waals surface area contributed by atoms with Gasteiger partial charge in [0.25, 0.3) is 0 Å². The minimum Gasteiger partial charge on any atom is -0.339 e. The highest BCUT2D eigenvalue weighted by Gasteiger charge is 2.23. The van der Waals surface area contributed by atoms with Gasteiger partial charge in [0.05, 0.1) is 5.92 Å². The van der Waals surface area contributed by atoms with Crippen molar-refractivity contribution < 1.29 is 4.52 Å². The Kier molecular flexibility index (Phi) is 5.38. The summed E-state index contributed by atoms with van der Waals surface area (Å²) in [6.45, 7) is 9.28. The number of hydrogen-bond donors (Lipinski definition) is 1. The predicted octanol–water partition coefficient (Wildman–Crippen LogP) is 2.72. The summed E-state index contributed by atoms with van der Waals surface area (Å²) in [5.41, 5.74) is 0.696. The zero-order valence-corrected chi connectivity index (χ0v) is 13.1. The number of nitrogens with one attached hydrogen (secondary N) is 1. The molecular weight excluding hydrogens is 266 g/mol. The first kappa shape index (κ1) is 15.6. The molecule has 0 fully saturated rings. The highest BCUT2D eigenvalue weighted by molar-refractivity contribution is 5.47. The van der Waals surface area contributed by atoms with Crippen LogP contribution in [-0.4, -0.2) is 32.7 Å². The molecule has 21 heavy (non-hydrogen) atoms. The van der Waals surface area contributed by atoms with Gasteiger partial charge < -0.3 is 9.84 Å². The molecular formula is C15H23N5O.